The molecular weight excluding hydrogens is 437 g/mol. The SMILES string of the molecule is C[C@H](C[N+](C)(C)C1CCCCC1)OC(=O)c1ccc(C(C)(C)C)cc1.[I-]. The third-order valence-electron chi connectivity index (χ3n) is 5.59. The van der Waals surface area contributed by atoms with Crippen molar-refractivity contribution in [1.82, 2.24) is 0 Å². The van der Waals surface area contributed by atoms with E-state index in [1.807, 2.05) is 31.2 Å². The lowest BCUT2D eigenvalue weighted by Crippen LogP contribution is -3.00. The van der Waals surface area contributed by atoms with Crippen molar-refractivity contribution in [3.63, 3.8) is 0 Å². The van der Waals surface area contributed by atoms with Crippen molar-refractivity contribution in [2.24, 2.45) is 0 Å². The summed E-state index contributed by atoms with van der Waals surface area (Å²) in [5.74, 6) is -0.211. The third kappa shape index (κ3) is 6.52. The monoisotopic (exact) mass is 473 g/mol. The van der Waals surface area contributed by atoms with E-state index in [9.17, 15) is 4.79 Å². The molecule has 0 heterocycles. The molecule has 0 aliphatic heterocycles. The van der Waals surface area contributed by atoms with Crippen molar-refractivity contribution in [1.29, 1.82) is 0 Å². The van der Waals surface area contributed by atoms with Crippen LogP contribution >= 0.6 is 0 Å². The highest BCUT2D eigenvalue weighted by Gasteiger charge is 2.32. The van der Waals surface area contributed by atoms with Crippen LogP contribution in [0.3, 0.4) is 0 Å². The fourth-order valence-electron chi connectivity index (χ4n) is 3.99. The van der Waals surface area contributed by atoms with Crippen molar-refractivity contribution < 1.29 is 38.0 Å². The van der Waals surface area contributed by atoms with E-state index in [4.69, 9.17) is 4.74 Å². The molecule has 1 aromatic rings. The topological polar surface area (TPSA) is 26.3 Å². The normalized spacial score (nSPS) is 17.3. The van der Waals surface area contributed by atoms with Gasteiger partial charge in [-0.2, -0.15) is 0 Å². The molecule has 3 nitrogen and oxygen atoms in total. The van der Waals surface area contributed by atoms with E-state index in [2.05, 4.69) is 34.9 Å². The number of hydrogen-bond donors (Lipinski definition) is 0. The Morgan fingerprint density at radius 1 is 1.12 bits per heavy atom. The van der Waals surface area contributed by atoms with Gasteiger partial charge in [-0.05, 0) is 55.7 Å². The summed E-state index contributed by atoms with van der Waals surface area (Å²) >= 11 is 0. The molecule has 1 atom stereocenters. The highest BCUT2D eigenvalue weighted by Crippen LogP contribution is 2.26. The highest BCUT2D eigenvalue weighted by atomic mass is 127. The van der Waals surface area contributed by atoms with Gasteiger partial charge in [0.1, 0.15) is 12.6 Å². The molecule has 0 aromatic heterocycles. The first-order chi connectivity index (χ1) is 11.6. The molecule has 26 heavy (non-hydrogen) atoms. The van der Waals surface area contributed by atoms with E-state index in [0.29, 0.717) is 11.6 Å². The number of carbonyl (C=O) groups is 1. The zero-order valence-corrected chi connectivity index (χ0v) is 19.5. The summed E-state index contributed by atoms with van der Waals surface area (Å²) in [5.41, 5.74) is 1.96. The van der Waals surface area contributed by atoms with Crippen molar-refractivity contribution in [2.45, 2.75) is 77.4 Å². The Bertz CT molecular complexity index is 569. The van der Waals surface area contributed by atoms with Gasteiger partial charge in [0, 0.05) is 0 Å². The van der Waals surface area contributed by atoms with Gasteiger partial charge in [0.15, 0.2) is 0 Å². The van der Waals surface area contributed by atoms with Crippen LogP contribution in [-0.4, -0.2) is 43.2 Å². The Morgan fingerprint density at radius 3 is 2.15 bits per heavy atom. The van der Waals surface area contributed by atoms with Crippen LogP contribution in [0.1, 0.15) is 75.7 Å². The summed E-state index contributed by atoms with van der Waals surface area (Å²) in [4.78, 5) is 12.4. The lowest BCUT2D eigenvalue weighted by molar-refractivity contribution is -0.918. The summed E-state index contributed by atoms with van der Waals surface area (Å²) in [6.07, 6.45) is 6.54. The van der Waals surface area contributed by atoms with Gasteiger partial charge >= 0.3 is 5.97 Å². The Kier molecular flexibility index (Phi) is 8.59. The maximum Gasteiger partial charge on any atom is 0.338 e. The van der Waals surface area contributed by atoms with Crippen LogP contribution in [0, 0.1) is 0 Å². The number of ether oxygens (including phenoxy) is 1. The minimum Gasteiger partial charge on any atom is -1.00 e. The number of likely N-dealkylation sites (N-methyl/N-ethyl adjacent to an activating group) is 1. The van der Waals surface area contributed by atoms with Gasteiger partial charge in [-0.1, -0.05) is 39.3 Å². The van der Waals surface area contributed by atoms with Crippen LogP contribution in [0.25, 0.3) is 0 Å². The third-order valence-corrected chi connectivity index (χ3v) is 5.59. The fourth-order valence-corrected chi connectivity index (χ4v) is 3.99. The average molecular weight is 473 g/mol. The van der Waals surface area contributed by atoms with E-state index in [0.717, 1.165) is 11.0 Å². The van der Waals surface area contributed by atoms with Crippen LogP contribution in [0.4, 0.5) is 0 Å². The highest BCUT2D eigenvalue weighted by molar-refractivity contribution is 5.89. The number of benzene rings is 1. The predicted octanol–water partition coefficient (Wildman–Crippen LogP) is 1.94. The molecule has 4 heteroatoms. The van der Waals surface area contributed by atoms with E-state index >= 15 is 0 Å². The smallest absolute Gasteiger partial charge is 0.338 e. The Balaban J connectivity index is 0.00000338. The fraction of sp³-hybridized carbons (Fsp3) is 0.682. The Labute approximate surface area is 177 Å². The molecule has 1 aliphatic rings. The molecule has 0 amide bonds. The largest absolute Gasteiger partial charge is 1.00 e. The number of carbonyl (C=O) groups excluding carboxylic acids is 1. The van der Waals surface area contributed by atoms with Crippen LogP contribution in [0.2, 0.25) is 0 Å². The number of rotatable bonds is 5. The first-order valence-corrected chi connectivity index (χ1v) is 9.74. The minimum absolute atomic E-state index is 0. The molecule has 0 radical (unpaired) electrons. The first kappa shape index (κ1) is 23.4. The van der Waals surface area contributed by atoms with Gasteiger partial charge in [-0.3, -0.25) is 0 Å². The summed E-state index contributed by atoms with van der Waals surface area (Å²) in [6.45, 7) is 9.41. The minimum atomic E-state index is -0.211. The molecule has 1 saturated carbocycles. The lowest BCUT2D eigenvalue weighted by Gasteiger charge is -2.41. The summed E-state index contributed by atoms with van der Waals surface area (Å²) < 4.78 is 6.68. The van der Waals surface area contributed by atoms with Crippen LogP contribution < -0.4 is 24.0 Å². The van der Waals surface area contributed by atoms with Gasteiger partial charge in [0.2, 0.25) is 0 Å². The first-order valence-electron chi connectivity index (χ1n) is 9.74. The molecular formula is C22H36INO2. The maximum absolute atomic E-state index is 12.4. The van der Waals surface area contributed by atoms with E-state index in [-0.39, 0.29) is 41.5 Å². The van der Waals surface area contributed by atoms with E-state index in [1.165, 1.54) is 37.7 Å². The second-order valence-corrected chi connectivity index (χ2v) is 9.30. The van der Waals surface area contributed by atoms with Crippen LogP contribution in [-0.2, 0) is 10.2 Å². The van der Waals surface area contributed by atoms with Crippen LogP contribution in [0.15, 0.2) is 24.3 Å². The number of hydrogen-bond acceptors (Lipinski definition) is 2. The van der Waals surface area contributed by atoms with Gasteiger partial charge < -0.3 is 33.2 Å². The van der Waals surface area contributed by atoms with Crippen molar-refractivity contribution in [3.8, 4) is 0 Å². The second-order valence-electron chi connectivity index (χ2n) is 9.30. The summed E-state index contributed by atoms with van der Waals surface area (Å²) in [7, 11) is 4.55. The molecule has 0 spiro atoms. The van der Waals surface area contributed by atoms with Crippen LogP contribution in [0.5, 0.6) is 0 Å². The predicted molar refractivity (Wildman–Crippen MR) is 104 cm³/mol. The molecule has 2 rings (SSSR count). The van der Waals surface area contributed by atoms with Crippen molar-refractivity contribution >= 4 is 5.97 Å². The van der Waals surface area contributed by atoms with Gasteiger partial charge in [-0.25, -0.2) is 4.79 Å². The van der Waals surface area contributed by atoms with Gasteiger partial charge in [0.05, 0.1) is 25.7 Å². The number of quaternary nitrogens is 1. The van der Waals surface area contributed by atoms with Gasteiger partial charge in [0.25, 0.3) is 0 Å². The number of halogens is 1. The Hall–Kier alpha value is -0.620. The molecule has 1 aliphatic carbocycles. The standard InChI is InChI=1S/C22H36NO2.HI/c1-17(16-23(5,6)20-10-8-7-9-11-20)25-21(24)18-12-14-19(15-13-18)22(2,3)4;/h12-15,17,20H,7-11,16H2,1-6H3;1H/q+1;/p-1/t17-;/m1./s1. The maximum atomic E-state index is 12.4. The van der Waals surface area contributed by atoms with Crippen molar-refractivity contribution in [3.05, 3.63) is 35.4 Å². The zero-order chi connectivity index (χ0) is 18.7. The molecule has 1 fully saturated rings. The van der Waals surface area contributed by atoms with Crippen molar-refractivity contribution in [2.75, 3.05) is 20.6 Å². The summed E-state index contributed by atoms with van der Waals surface area (Å²) in [5, 5.41) is 0. The number of esters is 1. The summed E-state index contributed by atoms with van der Waals surface area (Å²) in [6, 6.07) is 8.53. The van der Waals surface area contributed by atoms with E-state index in [1.54, 1.807) is 0 Å². The van der Waals surface area contributed by atoms with Gasteiger partial charge in [-0.15, -0.1) is 0 Å². The van der Waals surface area contributed by atoms with E-state index < -0.39 is 0 Å². The quantitative estimate of drug-likeness (QED) is 0.371. The molecule has 148 valence electrons. The molecule has 0 saturated heterocycles. The second kappa shape index (κ2) is 9.54. The molecule has 0 unspecified atom stereocenters. The molecule has 0 N–H and O–H groups in total. The zero-order valence-electron chi connectivity index (χ0n) is 17.3. The molecule has 0 bridgehead atoms. The number of nitrogens with zero attached hydrogens (tertiary/aromatic N) is 1. The Morgan fingerprint density at radius 2 is 1.65 bits per heavy atom. The average Bonchev–Trinajstić information content (AvgIpc) is 2.54. The molecule has 1 aromatic carbocycles. The lowest BCUT2D eigenvalue weighted by atomic mass is 9.87.